The van der Waals surface area contributed by atoms with E-state index >= 15 is 0 Å². The van der Waals surface area contributed by atoms with Gasteiger partial charge in [-0.1, -0.05) is 6.07 Å². The average Bonchev–Trinajstić information content (AvgIpc) is 3.16. The Morgan fingerprint density at radius 3 is 3.09 bits per heavy atom. The van der Waals surface area contributed by atoms with Crippen LogP contribution in [0.25, 0.3) is 0 Å². The van der Waals surface area contributed by atoms with Crippen LogP contribution < -0.4 is 4.90 Å². The summed E-state index contributed by atoms with van der Waals surface area (Å²) in [6.07, 6.45) is 1.98. The van der Waals surface area contributed by atoms with Crippen molar-refractivity contribution in [1.29, 1.82) is 0 Å². The van der Waals surface area contributed by atoms with Crippen molar-refractivity contribution >= 4 is 11.8 Å². The van der Waals surface area contributed by atoms with Crippen LogP contribution in [-0.2, 0) is 11.3 Å². The molecular weight excluding hydrogens is 284 g/mol. The van der Waals surface area contributed by atoms with E-state index in [0.29, 0.717) is 12.4 Å². The standard InChI is InChI=1S/C16H18N2O4/c1-21-10-11-7-8-14(22-11)13-5-3-9-18(13)15-6-2-4-12(17-15)16(19)20/h2,4,6-8,13H,3,5,9-10H2,1H3,(H,19,20). The van der Waals surface area contributed by atoms with Gasteiger partial charge in [0.25, 0.3) is 0 Å². The fraction of sp³-hybridized carbons (Fsp3) is 0.375. The molecule has 1 saturated heterocycles. The molecule has 0 radical (unpaired) electrons. The smallest absolute Gasteiger partial charge is 0.354 e. The maximum atomic E-state index is 11.1. The molecule has 1 fully saturated rings. The first-order valence-electron chi connectivity index (χ1n) is 7.23. The van der Waals surface area contributed by atoms with E-state index in [1.165, 1.54) is 6.07 Å². The lowest BCUT2D eigenvalue weighted by Crippen LogP contribution is -2.23. The summed E-state index contributed by atoms with van der Waals surface area (Å²) in [7, 11) is 1.63. The number of carboxylic acids is 1. The number of hydrogen-bond acceptors (Lipinski definition) is 5. The predicted molar refractivity (Wildman–Crippen MR) is 79.9 cm³/mol. The van der Waals surface area contributed by atoms with Crippen LogP contribution in [0.1, 0.15) is 40.9 Å². The molecule has 6 nitrogen and oxygen atoms in total. The number of pyridine rings is 1. The fourth-order valence-electron chi connectivity index (χ4n) is 2.83. The Labute approximate surface area is 128 Å². The number of anilines is 1. The van der Waals surface area contributed by atoms with E-state index in [-0.39, 0.29) is 11.7 Å². The molecule has 3 rings (SSSR count). The number of methoxy groups -OCH3 is 1. The summed E-state index contributed by atoms with van der Waals surface area (Å²) in [5.74, 6) is 1.31. The first kappa shape index (κ1) is 14.6. The van der Waals surface area contributed by atoms with Crippen LogP contribution in [0.3, 0.4) is 0 Å². The SMILES string of the molecule is COCc1ccc(C2CCCN2c2cccc(C(=O)O)n2)o1. The number of aromatic carboxylic acids is 1. The molecule has 2 aromatic rings. The van der Waals surface area contributed by atoms with Crippen molar-refractivity contribution in [3.63, 3.8) is 0 Å². The molecule has 3 heterocycles. The quantitative estimate of drug-likeness (QED) is 0.915. The Morgan fingerprint density at radius 2 is 2.32 bits per heavy atom. The molecule has 6 heteroatoms. The van der Waals surface area contributed by atoms with Crippen LogP contribution in [0.15, 0.2) is 34.7 Å². The van der Waals surface area contributed by atoms with Gasteiger partial charge < -0.3 is 19.2 Å². The van der Waals surface area contributed by atoms with E-state index < -0.39 is 5.97 Å². The van der Waals surface area contributed by atoms with Gasteiger partial charge in [0.15, 0.2) is 5.69 Å². The highest BCUT2D eigenvalue weighted by Gasteiger charge is 2.30. The lowest BCUT2D eigenvalue weighted by molar-refractivity contribution is 0.0690. The minimum absolute atomic E-state index is 0.0580. The first-order valence-corrected chi connectivity index (χ1v) is 7.23. The Bertz CT molecular complexity index is 668. The summed E-state index contributed by atoms with van der Waals surface area (Å²) >= 11 is 0. The van der Waals surface area contributed by atoms with Crippen molar-refractivity contribution in [1.82, 2.24) is 4.98 Å². The monoisotopic (exact) mass is 302 g/mol. The molecule has 2 aromatic heterocycles. The molecule has 1 aliphatic heterocycles. The number of aromatic nitrogens is 1. The van der Waals surface area contributed by atoms with Gasteiger partial charge in [-0.25, -0.2) is 9.78 Å². The second-order valence-electron chi connectivity index (χ2n) is 5.27. The molecule has 0 aromatic carbocycles. The third kappa shape index (κ3) is 2.82. The summed E-state index contributed by atoms with van der Waals surface area (Å²) in [6.45, 7) is 1.28. The summed E-state index contributed by atoms with van der Waals surface area (Å²) in [6, 6.07) is 9.01. The number of furan rings is 1. The molecule has 0 spiro atoms. The molecule has 0 aliphatic carbocycles. The number of carbonyl (C=O) groups is 1. The van der Waals surface area contributed by atoms with E-state index in [0.717, 1.165) is 30.9 Å². The van der Waals surface area contributed by atoms with Crippen molar-refractivity contribution in [3.8, 4) is 0 Å². The van der Waals surface area contributed by atoms with E-state index in [1.54, 1.807) is 13.2 Å². The molecule has 1 N–H and O–H groups in total. The maximum Gasteiger partial charge on any atom is 0.354 e. The third-order valence-corrected chi connectivity index (χ3v) is 3.80. The van der Waals surface area contributed by atoms with Crippen molar-refractivity contribution < 1.29 is 19.1 Å². The molecular formula is C16H18N2O4. The van der Waals surface area contributed by atoms with Crippen LogP contribution in [0, 0.1) is 0 Å². The number of hydrogen-bond donors (Lipinski definition) is 1. The largest absolute Gasteiger partial charge is 0.477 e. The molecule has 1 aliphatic rings. The van der Waals surface area contributed by atoms with Gasteiger partial charge in [-0.15, -0.1) is 0 Å². The van der Waals surface area contributed by atoms with Crippen molar-refractivity contribution in [3.05, 3.63) is 47.5 Å². The van der Waals surface area contributed by atoms with Gasteiger partial charge in [0.2, 0.25) is 0 Å². The van der Waals surface area contributed by atoms with Gasteiger partial charge in [-0.2, -0.15) is 0 Å². The Hall–Kier alpha value is -2.34. The van der Waals surface area contributed by atoms with E-state index in [1.807, 2.05) is 18.2 Å². The number of rotatable bonds is 5. The van der Waals surface area contributed by atoms with Crippen molar-refractivity contribution in [2.24, 2.45) is 0 Å². The van der Waals surface area contributed by atoms with Gasteiger partial charge in [-0.3, -0.25) is 0 Å². The van der Waals surface area contributed by atoms with E-state index in [4.69, 9.17) is 14.3 Å². The highest BCUT2D eigenvalue weighted by atomic mass is 16.5. The highest BCUT2D eigenvalue weighted by molar-refractivity contribution is 5.85. The van der Waals surface area contributed by atoms with Crippen LogP contribution in [0.5, 0.6) is 0 Å². The topological polar surface area (TPSA) is 75.8 Å². The second kappa shape index (κ2) is 6.19. The van der Waals surface area contributed by atoms with Gasteiger partial charge in [0, 0.05) is 13.7 Å². The number of nitrogens with zero attached hydrogens (tertiary/aromatic N) is 2. The zero-order chi connectivity index (χ0) is 15.5. The summed E-state index contributed by atoms with van der Waals surface area (Å²) in [5, 5.41) is 9.08. The van der Waals surface area contributed by atoms with Crippen LogP contribution >= 0.6 is 0 Å². The minimum atomic E-state index is -1.02. The van der Waals surface area contributed by atoms with Crippen LogP contribution in [-0.4, -0.2) is 29.7 Å². The minimum Gasteiger partial charge on any atom is -0.477 e. The summed E-state index contributed by atoms with van der Waals surface area (Å²) in [4.78, 5) is 17.4. The fourth-order valence-corrected chi connectivity index (χ4v) is 2.83. The van der Waals surface area contributed by atoms with E-state index in [9.17, 15) is 4.79 Å². The number of ether oxygens (including phenoxy) is 1. The van der Waals surface area contributed by atoms with Crippen molar-refractivity contribution in [2.75, 3.05) is 18.6 Å². The summed E-state index contributed by atoms with van der Waals surface area (Å²) < 4.78 is 10.9. The molecule has 22 heavy (non-hydrogen) atoms. The zero-order valence-electron chi connectivity index (χ0n) is 12.4. The lowest BCUT2D eigenvalue weighted by Gasteiger charge is -2.24. The summed E-state index contributed by atoms with van der Waals surface area (Å²) in [5.41, 5.74) is 0.0580. The lowest BCUT2D eigenvalue weighted by atomic mass is 10.1. The molecule has 1 unspecified atom stereocenters. The third-order valence-electron chi connectivity index (χ3n) is 3.80. The average molecular weight is 302 g/mol. The Morgan fingerprint density at radius 1 is 1.45 bits per heavy atom. The predicted octanol–water partition coefficient (Wildman–Crippen LogP) is 2.86. The van der Waals surface area contributed by atoms with Gasteiger partial charge in [0.05, 0.1) is 6.04 Å². The van der Waals surface area contributed by atoms with Gasteiger partial charge in [0.1, 0.15) is 23.9 Å². The van der Waals surface area contributed by atoms with Gasteiger partial charge >= 0.3 is 5.97 Å². The Balaban J connectivity index is 1.86. The zero-order valence-corrected chi connectivity index (χ0v) is 12.4. The first-order chi connectivity index (χ1) is 10.7. The van der Waals surface area contributed by atoms with Crippen LogP contribution in [0.4, 0.5) is 5.82 Å². The highest BCUT2D eigenvalue weighted by Crippen LogP contribution is 2.36. The maximum absolute atomic E-state index is 11.1. The van der Waals surface area contributed by atoms with Crippen LogP contribution in [0.2, 0.25) is 0 Å². The molecule has 0 amide bonds. The number of carboxylic acid groups (broad SMARTS) is 1. The normalized spacial score (nSPS) is 17.9. The molecule has 1 atom stereocenters. The van der Waals surface area contributed by atoms with E-state index in [2.05, 4.69) is 9.88 Å². The van der Waals surface area contributed by atoms with Gasteiger partial charge in [-0.05, 0) is 37.1 Å². The Kier molecular flexibility index (Phi) is 4.11. The molecule has 0 saturated carbocycles. The molecule has 0 bridgehead atoms. The molecule has 116 valence electrons. The second-order valence-corrected chi connectivity index (χ2v) is 5.27. The van der Waals surface area contributed by atoms with Crippen molar-refractivity contribution in [2.45, 2.75) is 25.5 Å².